The van der Waals surface area contributed by atoms with Crippen LogP contribution in [0.3, 0.4) is 0 Å². The third kappa shape index (κ3) is 4.20. The molecule has 10 heteroatoms. The third-order valence-electron chi connectivity index (χ3n) is 4.10. The van der Waals surface area contributed by atoms with Crippen molar-refractivity contribution in [3.63, 3.8) is 0 Å². The SMILES string of the molecule is COc1ccc(OCc2nn3c(-c4ccc(OC)c(OC)c4)nnc3s2)cc1.Cl. The summed E-state index contributed by atoms with van der Waals surface area (Å²) in [5.74, 6) is 3.43. The van der Waals surface area contributed by atoms with Crippen LogP contribution in [0.2, 0.25) is 0 Å². The summed E-state index contributed by atoms with van der Waals surface area (Å²) in [4.78, 5) is 0.693. The molecule has 0 bridgehead atoms. The van der Waals surface area contributed by atoms with Crippen LogP contribution in [0.15, 0.2) is 42.5 Å². The van der Waals surface area contributed by atoms with Gasteiger partial charge < -0.3 is 18.9 Å². The third-order valence-corrected chi connectivity index (χ3v) is 4.97. The van der Waals surface area contributed by atoms with Crippen LogP contribution in [0.25, 0.3) is 16.3 Å². The zero-order chi connectivity index (χ0) is 19.5. The number of aromatic nitrogens is 4. The molecule has 4 rings (SSSR count). The standard InChI is InChI=1S/C19H18N4O4S.ClH/c1-24-13-5-7-14(8-6-13)27-11-17-22-23-18(20-21-19(23)28-17)12-4-9-15(25-2)16(10-12)26-3;/h4-10H,11H2,1-3H3;1H. The Labute approximate surface area is 177 Å². The Morgan fingerprint density at radius 2 is 1.59 bits per heavy atom. The molecule has 0 unspecified atom stereocenters. The Hall–Kier alpha value is -3.04. The van der Waals surface area contributed by atoms with Crippen molar-refractivity contribution in [1.29, 1.82) is 0 Å². The lowest BCUT2D eigenvalue weighted by Gasteiger charge is -2.08. The van der Waals surface area contributed by atoms with Gasteiger partial charge in [0.25, 0.3) is 0 Å². The summed E-state index contributed by atoms with van der Waals surface area (Å²) in [7, 11) is 4.83. The lowest BCUT2D eigenvalue weighted by molar-refractivity contribution is 0.303. The number of methoxy groups -OCH3 is 3. The molecular formula is C19H19ClN4O4S. The van der Waals surface area contributed by atoms with Crippen LogP contribution in [-0.4, -0.2) is 41.1 Å². The number of rotatable bonds is 7. The number of hydrogen-bond donors (Lipinski definition) is 0. The summed E-state index contributed by atoms with van der Waals surface area (Å²) in [5, 5.41) is 13.8. The highest BCUT2D eigenvalue weighted by Gasteiger charge is 2.16. The van der Waals surface area contributed by atoms with Gasteiger partial charge in [-0.2, -0.15) is 9.61 Å². The maximum absolute atomic E-state index is 5.80. The summed E-state index contributed by atoms with van der Waals surface area (Å²) in [5.41, 5.74) is 0.832. The van der Waals surface area contributed by atoms with Crippen molar-refractivity contribution in [2.24, 2.45) is 0 Å². The molecule has 0 aliphatic rings. The van der Waals surface area contributed by atoms with Gasteiger partial charge in [0.15, 0.2) is 22.3 Å². The summed E-state index contributed by atoms with van der Waals surface area (Å²) in [6.45, 7) is 0.339. The topological polar surface area (TPSA) is 80.0 Å². The molecule has 0 amide bonds. The smallest absolute Gasteiger partial charge is 0.235 e. The Morgan fingerprint density at radius 1 is 0.862 bits per heavy atom. The van der Waals surface area contributed by atoms with Gasteiger partial charge >= 0.3 is 0 Å². The fraction of sp³-hybridized carbons (Fsp3) is 0.211. The first-order chi connectivity index (χ1) is 13.7. The Balaban J connectivity index is 0.00000240. The number of fused-ring (bicyclic) bond motifs is 1. The summed E-state index contributed by atoms with van der Waals surface area (Å²) in [6, 6.07) is 13.0. The second-order valence-corrected chi connectivity index (χ2v) is 6.79. The molecule has 0 atom stereocenters. The minimum absolute atomic E-state index is 0. The average Bonchev–Trinajstić information content (AvgIpc) is 3.32. The summed E-state index contributed by atoms with van der Waals surface area (Å²) >= 11 is 1.43. The molecule has 2 aromatic carbocycles. The highest BCUT2D eigenvalue weighted by atomic mass is 35.5. The molecule has 0 N–H and O–H groups in total. The van der Waals surface area contributed by atoms with Crippen LogP contribution in [-0.2, 0) is 6.61 Å². The largest absolute Gasteiger partial charge is 0.497 e. The zero-order valence-corrected chi connectivity index (χ0v) is 17.6. The van der Waals surface area contributed by atoms with Gasteiger partial charge in [0.1, 0.15) is 18.1 Å². The van der Waals surface area contributed by atoms with Crippen molar-refractivity contribution in [3.05, 3.63) is 47.5 Å². The van der Waals surface area contributed by atoms with Gasteiger partial charge in [-0.25, -0.2) is 0 Å². The van der Waals surface area contributed by atoms with Crippen molar-refractivity contribution < 1.29 is 18.9 Å². The van der Waals surface area contributed by atoms with Crippen molar-refractivity contribution in [2.45, 2.75) is 6.61 Å². The van der Waals surface area contributed by atoms with E-state index in [0.717, 1.165) is 22.1 Å². The fourth-order valence-electron chi connectivity index (χ4n) is 2.69. The van der Waals surface area contributed by atoms with Crippen molar-refractivity contribution in [3.8, 4) is 34.4 Å². The van der Waals surface area contributed by atoms with Crippen LogP contribution in [0.1, 0.15) is 5.01 Å². The molecule has 152 valence electrons. The second-order valence-electron chi connectivity index (χ2n) is 5.75. The van der Waals surface area contributed by atoms with E-state index in [4.69, 9.17) is 18.9 Å². The zero-order valence-electron chi connectivity index (χ0n) is 16.0. The molecule has 4 aromatic rings. The second kappa shape index (κ2) is 8.97. The van der Waals surface area contributed by atoms with Crippen LogP contribution >= 0.6 is 23.7 Å². The molecule has 0 saturated heterocycles. The Bertz CT molecular complexity index is 1100. The van der Waals surface area contributed by atoms with Crippen molar-refractivity contribution in [1.82, 2.24) is 19.8 Å². The molecule has 0 radical (unpaired) electrons. The van der Waals surface area contributed by atoms with Gasteiger partial charge in [-0.15, -0.1) is 22.6 Å². The molecule has 0 saturated carbocycles. The normalized spacial score (nSPS) is 10.4. The first-order valence-electron chi connectivity index (χ1n) is 8.42. The van der Waals surface area contributed by atoms with E-state index in [1.807, 2.05) is 42.5 Å². The van der Waals surface area contributed by atoms with E-state index in [1.54, 1.807) is 25.8 Å². The van der Waals surface area contributed by atoms with E-state index in [-0.39, 0.29) is 12.4 Å². The van der Waals surface area contributed by atoms with Crippen LogP contribution in [0, 0.1) is 0 Å². The molecular weight excluding hydrogens is 416 g/mol. The summed E-state index contributed by atoms with van der Waals surface area (Å²) < 4.78 is 23.3. The first-order valence-corrected chi connectivity index (χ1v) is 9.24. The highest BCUT2D eigenvalue weighted by molar-refractivity contribution is 7.16. The lowest BCUT2D eigenvalue weighted by Crippen LogP contribution is -1.98. The van der Waals surface area contributed by atoms with Crippen molar-refractivity contribution in [2.75, 3.05) is 21.3 Å². The Morgan fingerprint density at radius 3 is 2.28 bits per heavy atom. The van der Waals surface area contributed by atoms with E-state index >= 15 is 0 Å². The average molecular weight is 435 g/mol. The van der Waals surface area contributed by atoms with Crippen LogP contribution in [0.4, 0.5) is 0 Å². The van der Waals surface area contributed by atoms with E-state index in [9.17, 15) is 0 Å². The monoisotopic (exact) mass is 434 g/mol. The van der Waals surface area contributed by atoms with Gasteiger partial charge in [0.2, 0.25) is 4.96 Å². The molecule has 8 nitrogen and oxygen atoms in total. The molecule has 29 heavy (non-hydrogen) atoms. The minimum atomic E-state index is 0. The maximum Gasteiger partial charge on any atom is 0.235 e. The van der Waals surface area contributed by atoms with E-state index in [0.29, 0.717) is 28.9 Å². The predicted octanol–water partition coefficient (Wildman–Crippen LogP) is 3.88. The van der Waals surface area contributed by atoms with Crippen LogP contribution < -0.4 is 18.9 Å². The van der Waals surface area contributed by atoms with Gasteiger partial charge in [-0.1, -0.05) is 11.3 Å². The molecule has 0 spiro atoms. The van der Waals surface area contributed by atoms with E-state index < -0.39 is 0 Å². The molecule has 0 aliphatic heterocycles. The number of benzene rings is 2. The minimum Gasteiger partial charge on any atom is -0.497 e. The Kier molecular flexibility index (Phi) is 6.40. The van der Waals surface area contributed by atoms with E-state index in [2.05, 4.69) is 15.3 Å². The molecule has 0 fully saturated rings. The van der Waals surface area contributed by atoms with Gasteiger partial charge in [-0.3, -0.25) is 0 Å². The maximum atomic E-state index is 5.80. The van der Waals surface area contributed by atoms with Crippen molar-refractivity contribution >= 4 is 28.7 Å². The van der Waals surface area contributed by atoms with Crippen LogP contribution in [0.5, 0.6) is 23.0 Å². The molecule has 2 aromatic heterocycles. The van der Waals surface area contributed by atoms with Gasteiger partial charge in [-0.05, 0) is 42.5 Å². The highest BCUT2D eigenvalue weighted by Crippen LogP contribution is 2.32. The summed E-state index contributed by atoms with van der Waals surface area (Å²) in [6.07, 6.45) is 0. The predicted molar refractivity (Wildman–Crippen MR) is 112 cm³/mol. The molecule has 2 heterocycles. The number of hydrogen-bond acceptors (Lipinski definition) is 8. The number of nitrogens with zero attached hydrogens (tertiary/aromatic N) is 4. The quantitative estimate of drug-likeness (QED) is 0.436. The van der Waals surface area contributed by atoms with Gasteiger partial charge in [0.05, 0.1) is 21.3 Å². The van der Waals surface area contributed by atoms with E-state index in [1.165, 1.54) is 11.3 Å². The fourth-order valence-corrected chi connectivity index (χ4v) is 3.43. The first kappa shape index (κ1) is 20.7. The number of ether oxygens (including phenoxy) is 4. The molecule has 0 aliphatic carbocycles. The lowest BCUT2D eigenvalue weighted by atomic mass is 10.2. The number of halogens is 1. The van der Waals surface area contributed by atoms with Gasteiger partial charge in [0, 0.05) is 5.56 Å².